The minimum Gasteiger partial charge on any atom is -0.497 e. The van der Waals surface area contributed by atoms with E-state index in [4.69, 9.17) is 20.8 Å². The van der Waals surface area contributed by atoms with Gasteiger partial charge in [0.1, 0.15) is 11.5 Å². The number of carbonyl (C=O) groups is 1. The van der Waals surface area contributed by atoms with Crippen LogP contribution in [0.5, 0.6) is 5.75 Å². The Kier molecular flexibility index (Phi) is 5.13. The van der Waals surface area contributed by atoms with E-state index in [1.165, 1.54) is 0 Å². The van der Waals surface area contributed by atoms with Crippen LogP contribution in [0.2, 0.25) is 5.02 Å². The number of aromatic nitrogens is 2. The van der Waals surface area contributed by atoms with Crippen molar-refractivity contribution in [3.63, 3.8) is 0 Å². The SMILES string of the molecule is COc1cccc(C2(NC(=O)c3ccc(Cn4cc(Cl)cn4)o3)CCCC2)c1. The Labute approximate surface area is 168 Å². The molecule has 3 aromatic rings. The first-order valence-electron chi connectivity index (χ1n) is 9.32. The van der Waals surface area contributed by atoms with E-state index < -0.39 is 5.54 Å². The molecule has 0 radical (unpaired) electrons. The lowest BCUT2D eigenvalue weighted by Crippen LogP contribution is -2.43. The number of halogens is 1. The van der Waals surface area contributed by atoms with Crippen LogP contribution in [-0.2, 0) is 12.1 Å². The average Bonchev–Trinajstić information content (AvgIpc) is 3.44. The van der Waals surface area contributed by atoms with Crippen molar-refractivity contribution in [2.45, 2.75) is 37.8 Å². The molecule has 1 aliphatic carbocycles. The number of nitrogens with zero attached hydrogens (tertiary/aromatic N) is 2. The molecular formula is C21H22ClN3O3. The van der Waals surface area contributed by atoms with Crippen LogP contribution in [0, 0.1) is 0 Å². The summed E-state index contributed by atoms with van der Waals surface area (Å²) < 4.78 is 12.8. The number of ether oxygens (including phenoxy) is 1. The highest BCUT2D eigenvalue weighted by atomic mass is 35.5. The van der Waals surface area contributed by atoms with E-state index in [0.717, 1.165) is 37.0 Å². The van der Waals surface area contributed by atoms with Crippen molar-refractivity contribution in [3.8, 4) is 5.75 Å². The van der Waals surface area contributed by atoms with E-state index in [1.807, 2.05) is 24.3 Å². The largest absolute Gasteiger partial charge is 0.497 e. The van der Waals surface area contributed by atoms with Crippen LogP contribution in [0.3, 0.4) is 0 Å². The number of nitrogens with one attached hydrogen (secondary N) is 1. The number of amides is 1. The Bertz CT molecular complexity index is 973. The van der Waals surface area contributed by atoms with Gasteiger partial charge < -0.3 is 14.5 Å². The molecule has 1 fully saturated rings. The Balaban J connectivity index is 1.52. The van der Waals surface area contributed by atoms with Gasteiger partial charge in [0.25, 0.3) is 5.91 Å². The summed E-state index contributed by atoms with van der Waals surface area (Å²) in [5.41, 5.74) is 0.671. The molecule has 2 aromatic heterocycles. The molecule has 0 aliphatic heterocycles. The third-order valence-corrected chi connectivity index (χ3v) is 5.43. The number of benzene rings is 1. The van der Waals surface area contributed by atoms with Crippen LogP contribution in [0.1, 0.15) is 47.6 Å². The molecule has 28 heavy (non-hydrogen) atoms. The first-order valence-corrected chi connectivity index (χ1v) is 9.69. The van der Waals surface area contributed by atoms with Crippen molar-refractivity contribution in [1.29, 1.82) is 0 Å². The van der Waals surface area contributed by atoms with E-state index in [2.05, 4.69) is 10.4 Å². The van der Waals surface area contributed by atoms with E-state index in [-0.39, 0.29) is 5.91 Å². The second-order valence-electron chi connectivity index (χ2n) is 7.10. The summed E-state index contributed by atoms with van der Waals surface area (Å²) in [5.74, 6) is 1.51. The van der Waals surface area contributed by atoms with Crippen LogP contribution >= 0.6 is 11.6 Å². The first kappa shape index (κ1) is 18.6. The van der Waals surface area contributed by atoms with E-state index in [9.17, 15) is 4.79 Å². The van der Waals surface area contributed by atoms with Crippen LogP contribution in [-0.4, -0.2) is 22.8 Å². The predicted octanol–water partition coefficient (Wildman–Crippen LogP) is 4.39. The van der Waals surface area contributed by atoms with Crippen molar-refractivity contribution in [2.24, 2.45) is 0 Å². The van der Waals surface area contributed by atoms with E-state index in [1.54, 1.807) is 36.3 Å². The van der Waals surface area contributed by atoms with Gasteiger partial charge in [0.05, 0.1) is 30.4 Å². The lowest BCUT2D eigenvalue weighted by Gasteiger charge is -2.31. The molecule has 1 N–H and O–H groups in total. The minimum atomic E-state index is -0.395. The Morgan fingerprint density at radius 2 is 2.14 bits per heavy atom. The zero-order valence-electron chi connectivity index (χ0n) is 15.7. The average molecular weight is 400 g/mol. The van der Waals surface area contributed by atoms with Gasteiger partial charge in [-0.1, -0.05) is 36.6 Å². The topological polar surface area (TPSA) is 69.3 Å². The lowest BCUT2D eigenvalue weighted by molar-refractivity contribution is 0.0867. The van der Waals surface area contributed by atoms with Gasteiger partial charge in [0, 0.05) is 6.20 Å². The second kappa shape index (κ2) is 7.72. The number of hydrogen-bond donors (Lipinski definition) is 1. The summed E-state index contributed by atoms with van der Waals surface area (Å²) in [6.45, 7) is 0.418. The molecule has 0 unspecified atom stereocenters. The molecular weight excluding hydrogens is 378 g/mol. The molecule has 4 rings (SSSR count). The fraction of sp³-hybridized carbons (Fsp3) is 0.333. The van der Waals surface area contributed by atoms with Crippen molar-refractivity contribution in [1.82, 2.24) is 15.1 Å². The molecule has 0 atom stereocenters. The number of furan rings is 1. The summed E-state index contributed by atoms with van der Waals surface area (Å²) in [6, 6.07) is 11.4. The zero-order chi connectivity index (χ0) is 19.6. The molecule has 7 heteroatoms. The van der Waals surface area contributed by atoms with Gasteiger partial charge in [0.15, 0.2) is 5.76 Å². The summed E-state index contributed by atoms with van der Waals surface area (Å²) in [4.78, 5) is 12.9. The molecule has 2 heterocycles. The van der Waals surface area contributed by atoms with Gasteiger partial charge >= 0.3 is 0 Å². The van der Waals surface area contributed by atoms with Crippen LogP contribution in [0.25, 0.3) is 0 Å². The maximum Gasteiger partial charge on any atom is 0.287 e. The van der Waals surface area contributed by atoms with Gasteiger partial charge in [-0.15, -0.1) is 0 Å². The molecule has 1 amide bonds. The van der Waals surface area contributed by atoms with Gasteiger partial charge in [-0.2, -0.15) is 5.10 Å². The quantitative estimate of drug-likeness (QED) is 0.667. The van der Waals surface area contributed by atoms with Crippen LogP contribution in [0.15, 0.2) is 53.2 Å². The fourth-order valence-corrected chi connectivity index (χ4v) is 3.99. The monoisotopic (exact) mass is 399 g/mol. The maximum atomic E-state index is 12.9. The Morgan fingerprint density at radius 1 is 1.32 bits per heavy atom. The smallest absolute Gasteiger partial charge is 0.287 e. The van der Waals surface area contributed by atoms with Gasteiger partial charge in [-0.05, 0) is 42.7 Å². The Hall–Kier alpha value is -2.73. The predicted molar refractivity (Wildman–Crippen MR) is 106 cm³/mol. The lowest BCUT2D eigenvalue weighted by atomic mass is 9.87. The van der Waals surface area contributed by atoms with E-state index in [0.29, 0.717) is 23.1 Å². The van der Waals surface area contributed by atoms with E-state index >= 15 is 0 Å². The van der Waals surface area contributed by atoms with Gasteiger partial charge in [-0.3, -0.25) is 9.48 Å². The second-order valence-corrected chi connectivity index (χ2v) is 7.53. The third kappa shape index (κ3) is 3.78. The third-order valence-electron chi connectivity index (χ3n) is 5.24. The summed E-state index contributed by atoms with van der Waals surface area (Å²) in [6.07, 6.45) is 7.20. The number of hydrogen-bond acceptors (Lipinski definition) is 4. The fourth-order valence-electron chi connectivity index (χ4n) is 3.83. The minimum absolute atomic E-state index is 0.213. The summed E-state index contributed by atoms with van der Waals surface area (Å²) in [7, 11) is 1.65. The molecule has 1 saturated carbocycles. The molecule has 1 aliphatic rings. The first-order chi connectivity index (χ1) is 13.6. The molecule has 0 saturated heterocycles. The summed E-state index contributed by atoms with van der Waals surface area (Å²) in [5, 5.41) is 7.91. The maximum absolute atomic E-state index is 12.9. The zero-order valence-corrected chi connectivity index (χ0v) is 16.4. The number of rotatable bonds is 6. The van der Waals surface area contributed by atoms with Gasteiger partial charge in [-0.25, -0.2) is 0 Å². The molecule has 6 nitrogen and oxygen atoms in total. The molecule has 1 aromatic carbocycles. The molecule has 0 spiro atoms. The highest BCUT2D eigenvalue weighted by Gasteiger charge is 2.38. The van der Waals surface area contributed by atoms with Crippen LogP contribution < -0.4 is 10.1 Å². The summed E-state index contributed by atoms with van der Waals surface area (Å²) >= 11 is 5.89. The molecule has 146 valence electrons. The van der Waals surface area contributed by atoms with Crippen molar-refractivity contribution >= 4 is 17.5 Å². The Morgan fingerprint density at radius 3 is 2.86 bits per heavy atom. The normalized spacial score (nSPS) is 15.5. The van der Waals surface area contributed by atoms with Gasteiger partial charge in [0.2, 0.25) is 0 Å². The van der Waals surface area contributed by atoms with Crippen molar-refractivity contribution < 1.29 is 13.9 Å². The van der Waals surface area contributed by atoms with Crippen molar-refractivity contribution in [2.75, 3.05) is 7.11 Å². The van der Waals surface area contributed by atoms with Crippen LogP contribution in [0.4, 0.5) is 0 Å². The standard InChI is InChI=1S/C21H22ClN3O3/c1-27-17-6-4-5-15(11-17)21(9-2-3-10-21)24-20(26)19-8-7-18(28-19)14-25-13-16(22)12-23-25/h4-8,11-13H,2-3,9-10,14H2,1H3,(H,24,26). The highest BCUT2D eigenvalue weighted by Crippen LogP contribution is 2.40. The molecule has 0 bridgehead atoms. The number of methoxy groups -OCH3 is 1. The highest BCUT2D eigenvalue weighted by molar-refractivity contribution is 6.30. The number of carbonyl (C=O) groups excluding carboxylic acids is 1. The van der Waals surface area contributed by atoms with Crippen molar-refractivity contribution in [3.05, 3.63) is 70.9 Å².